The molecule has 0 heterocycles. The van der Waals surface area contributed by atoms with Crippen LogP contribution in [0.3, 0.4) is 0 Å². The first-order valence-electron chi connectivity index (χ1n) is 9.32. The van der Waals surface area contributed by atoms with E-state index in [2.05, 4.69) is 59.5 Å². The molecular weight excluding hydrogens is 440 g/mol. The predicted molar refractivity (Wildman–Crippen MR) is 121 cm³/mol. The number of ether oxygens (including phenoxy) is 1. The molecule has 0 aliphatic carbocycles. The molecule has 28 heavy (non-hydrogen) atoms. The van der Waals surface area contributed by atoms with Crippen LogP contribution in [-0.4, -0.2) is 19.2 Å². The maximum atomic E-state index is 12.1. The lowest BCUT2D eigenvalue weighted by Crippen LogP contribution is -2.30. The third-order valence-electron chi connectivity index (χ3n) is 4.33. The molecule has 0 saturated carbocycles. The second-order valence-electron chi connectivity index (χ2n) is 7.92. The van der Waals surface area contributed by atoms with E-state index in [1.165, 1.54) is 5.56 Å². The lowest BCUT2D eigenvalue weighted by molar-refractivity contribution is 0.250. The number of hydrogen-bond donors (Lipinski definition) is 2. The molecule has 2 amide bonds. The van der Waals surface area contributed by atoms with E-state index in [4.69, 9.17) is 16.3 Å². The Balaban J connectivity index is 1.77. The van der Waals surface area contributed by atoms with Crippen molar-refractivity contribution in [3.63, 3.8) is 0 Å². The van der Waals surface area contributed by atoms with Gasteiger partial charge in [0.05, 0.1) is 21.8 Å². The number of halogens is 2. The van der Waals surface area contributed by atoms with E-state index in [-0.39, 0.29) is 11.4 Å². The summed E-state index contributed by atoms with van der Waals surface area (Å²) < 4.78 is 6.76. The van der Waals surface area contributed by atoms with E-state index >= 15 is 0 Å². The van der Waals surface area contributed by atoms with Gasteiger partial charge in [0.15, 0.2) is 0 Å². The fourth-order valence-electron chi connectivity index (χ4n) is 2.77. The Morgan fingerprint density at radius 1 is 1.18 bits per heavy atom. The van der Waals surface area contributed by atoms with Crippen molar-refractivity contribution in [1.29, 1.82) is 0 Å². The monoisotopic (exact) mass is 466 g/mol. The van der Waals surface area contributed by atoms with Crippen molar-refractivity contribution < 1.29 is 9.53 Å². The molecule has 2 aromatic carbocycles. The molecule has 152 valence electrons. The van der Waals surface area contributed by atoms with Crippen molar-refractivity contribution in [2.45, 2.75) is 46.5 Å². The average Bonchev–Trinajstić information content (AvgIpc) is 2.58. The molecule has 0 atom stereocenters. The number of nitrogens with one attached hydrogen (secondary N) is 2. The zero-order chi connectivity index (χ0) is 20.9. The van der Waals surface area contributed by atoms with Crippen molar-refractivity contribution in [3.8, 4) is 5.75 Å². The molecule has 0 aliphatic rings. The summed E-state index contributed by atoms with van der Waals surface area (Å²) in [5, 5.41) is 6.18. The lowest BCUT2D eigenvalue weighted by Gasteiger charge is -2.20. The molecule has 2 aromatic rings. The van der Waals surface area contributed by atoms with Gasteiger partial charge in [0.1, 0.15) is 5.75 Å². The number of benzene rings is 2. The van der Waals surface area contributed by atoms with Gasteiger partial charge in [-0.25, -0.2) is 4.79 Å². The van der Waals surface area contributed by atoms with E-state index < -0.39 is 0 Å². The summed E-state index contributed by atoms with van der Waals surface area (Å²) in [5.74, 6) is 0.805. The molecule has 0 saturated heterocycles. The summed E-state index contributed by atoms with van der Waals surface area (Å²) in [4.78, 5) is 12.1. The molecule has 4 nitrogen and oxygen atoms in total. The van der Waals surface area contributed by atoms with Crippen LogP contribution in [0.15, 0.2) is 34.8 Å². The number of amides is 2. The molecular formula is C22H28BrClN2O2. The predicted octanol–water partition coefficient (Wildman–Crippen LogP) is 6.61. The van der Waals surface area contributed by atoms with Gasteiger partial charge in [0, 0.05) is 6.54 Å². The van der Waals surface area contributed by atoms with E-state index in [1.54, 1.807) is 0 Å². The minimum absolute atomic E-state index is 0.0943. The third kappa shape index (κ3) is 6.42. The van der Waals surface area contributed by atoms with Crippen molar-refractivity contribution in [3.05, 3.63) is 56.5 Å². The number of aryl methyl sites for hydroxylation is 2. The quantitative estimate of drug-likeness (QED) is 0.470. The Kier molecular flexibility index (Phi) is 7.79. The van der Waals surface area contributed by atoms with Crippen LogP contribution in [0.25, 0.3) is 0 Å². The highest BCUT2D eigenvalue weighted by Gasteiger charge is 2.15. The smallest absolute Gasteiger partial charge is 0.319 e. The molecule has 0 spiro atoms. The molecule has 2 rings (SSSR count). The van der Waals surface area contributed by atoms with Crippen LogP contribution in [0.5, 0.6) is 5.75 Å². The van der Waals surface area contributed by atoms with Crippen LogP contribution in [-0.2, 0) is 5.41 Å². The van der Waals surface area contributed by atoms with E-state index in [0.29, 0.717) is 30.3 Å². The molecule has 2 N–H and O–H groups in total. The van der Waals surface area contributed by atoms with Crippen molar-refractivity contribution in [1.82, 2.24) is 5.32 Å². The normalized spacial score (nSPS) is 11.2. The van der Waals surface area contributed by atoms with Gasteiger partial charge in [-0.05, 0) is 76.5 Å². The lowest BCUT2D eigenvalue weighted by atomic mass is 9.87. The highest BCUT2D eigenvalue weighted by atomic mass is 79.9. The first kappa shape index (κ1) is 22.6. The maximum Gasteiger partial charge on any atom is 0.319 e. The maximum absolute atomic E-state index is 12.1. The van der Waals surface area contributed by atoms with Crippen LogP contribution < -0.4 is 15.4 Å². The number of anilines is 1. The third-order valence-corrected chi connectivity index (χ3v) is 5.25. The van der Waals surface area contributed by atoms with Gasteiger partial charge < -0.3 is 15.4 Å². The Labute approximate surface area is 181 Å². The Hall–Kier alpha value is -1.72. The van der Waals surface area contributed by atoms with Gasteiger partial charge in [-0.2, -0.15) is 0 Å². The summed E-state index contributed by atoms with van der Waals surface area (Å²) in [6.07, 6.45) is 0.696. The molecule has 6 heteroatoms. The van der Waals surface area contributed by atoms with Gasteiger partial charge in [0.2, 0.25) is 0 Å². The van der Waals surface area contributed by atoms with Gasteiger partial charge in [-0.3, -0.25) is 0 Å². The number of rotatable bonds is 6. The summed E-state index contributed by atoms with van der Waals surface area (Å²) in [7, 11) is 0. The number of hydrogen-bond acceptors (Lipinski definition) is 2. The van der Waals surface area contributed by atoms with Gasteiger partial charge >= 0.3 is 6.03 Å². The highest BCUT2D eigenvalue weighted by molar-refractivity contribution is 9.10. The fourth-order valence-corrected chi connectivity index (χ4v) is 3.63. The standard InChI is InChI=1S/C22H28BrClN2O2/c1-14-11-15(2)20(18(24)12-14)26-21(27)25-9-6-10-28-19-8-7-16(13-17(19)23)22(3,4)5/h7-8,11-13H,6,9-10H2,1-5H3,(H2,25,26,27). The minimum Gasteiger partial charge on any atom is -0.492 e. The van der Waals surface area contributed by atoms with E-state index in [0.717, 1.165) is 21.3 Å². The second kappa shape index (κ2) is 9.66. The van der Waals surface area contributed by atoms with Gasteiger partial charge in [-0.15, -0.1) is 0 Å². The number of carbonyl (C=O) groups is 1. The average molecular weight is 468 g/mol. The molecule has 0 fully saturated rings. The van der Waals surface area contributed by atoms with Crippen molar-refractivity contribution in [2.75, 3.05) is 18.5 Å². The Bertz CT molecular complexity index is 824. The fraction of sp³-hybridized carbons (Fsp3) is 0.409. The number of carbonyl (C=O) groups excluding carboxylic acids is 1. The Morgan fingerprint density at radius 3 is 2.50 bits per heavy atom. The molecule has 0 bridgehead atoms. The van der Waals surface area contributed by atoms with Crippen molar-refractivity contribution >= 4 is 39.2 Å². The topological polar surface area (TPSA) is 50.4 Å². The molecule has 0 aliphatic heterocycles. The molecule has 0 radical (unpaired) electrons. The van der Waals surface area contributed by atoms with Crippen molar-refractivity contribution in [2.24, 2.45) is 0 Å². The minimum atomic E-state index is -0.274. The first-order chi connectivity index (χ1) is 13.1. The van der Waals surface area contributed by atoms with Crippen LogP contribution >= 0.6 is 27.5 Å². The van der Waals surface area contributed by atoms with E-state index in [9.17, 15) is 4.79 Å². The summed E-state index contributed by atoms with van der Waals surface area (Å²) in [6.45, 7) is 11.4. The molecule has 0 unspecified atom stereocenters. The largest absolute Gasteiger partial charge is 0.492 e. The summed E-state index contributed by atoms with van der Waals surface area (Å²) in [6, 6.07) is 9.70. The first-order valence-corrected chi connectivity index (χ1v) is 10.5. The summed E-state index contributed by atoms with van der Waals surface area (Å²) in [5.41, 5.74) is 3.98. The Morgan fingerprint density at radius 2 is 1.89 bits per heavy atom. The zero-order valence-corrected chi connectivity index (χ0v) is 19.4. The number of urea groups is 1. The highest BCUT2D eigenvalue weighted by Crippen LogP contribution is 2.31. The second-order valence-corrected chi connectivity index (χ2v) is 9.18. The van der Waals surface area contributed by atoms with Crippen LogP contribution in [0, 0.1) is 13.8 Å². The van der Waals surface area contributed by atoms with Gasteiger partial charge in [0.25, 0.3) is 0 Å². The van der Waals surface area contributed by atoms with E-state index in [1.807, 2.05) is 32.0 Å². The van der Waals surface area contributed by atoms with Crippen LogP contribution in [0.1, 0.15) is 43.9 Å². The molecule has 0 aromatic heterocycles. The zero-order valence-electron chi connectivity index (χ0n) is 17.1. The van der Waals surface area contributed by atoms with Crippen LogP contribution in [0.4, 0.5) is 10.5 Å². The van der Waals surface area contributed by atoms with Crippen LogP contribution in [0.2, 0.25) is 5.02 Å². The SMILES string of the molecule is Cc1cc(C)c(NC(=O)NCCCOc2ccc(C(C)(C)C)cc2Br)c(Cl)c1. The summed E-state index contributed by atoms with van der Waals surface area (Å²) >= 11 is 9.79. The van der Waals surface area contributed by atoms with Gasteiger partial charge in [-0.1, -0.05) is 44.5 Å².